The maximum atomic E-state index is 12.3. The molecule has 0 atom stereocenters. The number of carbonyl (C=O) groups excluding carboxylic acids is 2. The second-order valence-electron chi connectivity index (χ2n) is 5.64. The van der Waals surface area contributed by atoms with Crippen molar-refractivity contribution >= 4 is 29.9 Å². The van der Waals surface area contributed by atoms with Crippen molar-refractivity contribution in [2.24, 2.45) is 0 Å². The molecule has 0 radical (unpaired) electrons. The Kier molecular flexibility index (Phi) is 7.53. The van der Waals surface area contributed by atoms with E-state index in [1.807, 2.05) is 30.3 Å². The van der Waals surface area contributed by atoms with Gasteiger partial charge in [-0.25, -0.2) is 0 Å². The number of carbonyl (C=O) groups is 3. The summed E-state index contributed by atoms with van der Waals surface area (Å²) >= 11 is 0. The number of ether oxygens (including phenoxy) is 1. The number of carboxylic acids is 1. The van der Waals surface area contributed by atoms with Gasteiger partial charge in [-0.3, -0.25) is 14.4 Å². The summed E-state index contributed by atoms with van der Waals surface area (Å²) in [5.74, 6) is -1.77. The molecule has 144 valence electrons. The smallest absolute Gasteiger partial charge is 0.322 e. The molecule has 0 aromatic heterocycles. The fraction of sp³-hybridized carbons (Fsp3) is 0.0952. The number of rotatable bonds is 8. The fourth-order valence-electron chi connectivity index (χ4n) is 2.19. The molecule has 0 unspecified atom stereocenters. The molecule has 0 aliphatic rings. The van der Waals surface area contributed by atoms with Crippen LogP contribution >= 0.6 is 0 Å². The molecule has 2 aromatic rings. The second kappa shape index (κ2) is 10.3. The molecule has 2 aromatic carbocycles. The quantitative estimate of drug-likeness (QED) is 0.608. The van der Waals surface area contributed by atoms with E-state index in [1.165, 1.54) is 19.3 Å². The average molecular weight is 380 g/mol. The number of methoxy groups -OCH3 is 1. The zero-order chi connectivity index (χ0) is 20.4. The summed E-state index contributed by atoms with van der Waals surface area (Å²) < 4.78 is 5.08. The van der Waals surface area contributed by atoms with Crippen molar-refractivity contribution < 1.29 is 24.2 Å². The van der Waals surface area contributed by atoms with E-state index in [0.29, 0.717) is 11.3 Å². The van der Waals surface area contributed by atoms with Crippen LogP contribution in [0.2, 0.25) is 0 Å². The molecular formula is C21H20N2O5. The number of benzene rings is 2. The molecule has 7 heteroatoms. The van der Waals surface area contributed by atoms with Crippen LogP contribution in [0.3, 0.4) is 0 Å². The highest BCUT2D eigenvalue weighted by molar-refractivity contribution is 6.04. The van der Waals surface area contributed by atoms with Gasteiger partial charge in [0, 0.05) is 6.08 Å². The molecule has 0 saturated heterocycles. The van der Waals surface area contributed by atoms with Gasteiger partial charge in [0.25, 0.3) is 5.91 Å². The van der Waals surface area contributed by atoms with Gasteiger partial charge in [0.1, 0.15) is 18.0 Å². The molecule has 0 aliphatic heterocycles. The topological polar surface area (TPSA) is 105 Å². The van der Waals surface area contributed by atoms with Crippen LogP contribution in [0.1, 0.15) is 11.1 Å². The number of aliphatic carboxylic acids is 1. The van der Waals surface area contributed by atoms with E-state index < -0.39 is 24.3 Å². The first-order valence-corrected chi connectivity index (χ1v) is 8.38. The summed E-state index contributed by atoms with van der Waals surface area (Å²) in [5.41, 5.74) is 1.39. The average Bonchev–Trinajstić information content (AvgIpc) is 2.71. The molecule has 0 aliphatic carbocycles. The van der Waals surface area contributed by atoms with Crippen LogP contribution in [-0.2, 0) is 14.4 Å². The van der Waals surface area contributed by atoms with Gasteiger partial charge < -0.3 is 20.5 Å². The summed E-state index contributed by atoms with van der Waals surface area (Å²) in [6, 6.07) is 16.0. The van der Waals surface area contributed by atoms with Crippen molar-refractivity contribution in [2.75, 3.05) is 13.7 Å². The minimum absolute atomic E-state index is 0.0749. The second-order valence-corrected chi connectivity index (χ2v) is 5.64. The summed E-state index contributed by atoms with van der Waals surface area (Å²) in [5, 5.41) is 13.5. The van der Waals surface area contributed by atoms with E-state index in [4.69, 9.17) is 9.84 Å². The van der Waals surface area contributed by atoms with Crippen LogP contribution in [0.4, 0.5) is 0 Å². The molecule has 7 nitrogen and oxygen atoms in total. The molecule has 3 N–H and O–H groups in total. The summed E-state index contributed by atoms with van der Waals surface area (Å²) in [6.07, 6.45) is 4.35. The molecule has 0 fully saturated rings. The van der Waals surface area contributed by atoms with Crippen molar-refractivity contribution in [1.82, 2.24) is 10.6 Å². The monoisotopic (exact) mass is 380 g/mol. The third-order valence-corrected chi connectivity index (χ3v) is 3.56. The van der Waals surface area contributed by atoms with Gasteiger partial charge in [0.15, 0.2) is 0 Å². The lowest BCUT2D eigenvalue weighted by atomic mass is 10.1. The Balaban J connectivity index is 2.17. The molecule has 0 spiro atoms. The Hall–Kier alpha value is -3.87. The normalized spacial score (nSPS) is 11.1. The first-order chi connectivity index (χ1) is 13.5. The zero-order valence-corrected chi connectivity index (χ0v) is 15.2. The van der Waals surface area contributed by atoms with Crippen molar-refractivity contribution in [3.63, 3.8) is 0 Å². The van der Waals surface area contributed by atoms with E-state index in [0.717, 1.165) is 5.56 Å². The number of nitrogens with one attached hydrogen (secondary N) is 2. The van der Waals surface area contributed by atoms with Gasteiger partial charge in [-0.1, -0.05) is 42.5 Å². The van der Waals surface area contributed by atoms with Crippen molar-refractivity contribution in [3.8, 4) is 5.75 Å². The minimum atomic E-state index is -1.19. The van der Waals surface area contributed by atoms with Gasteiger partial charge in [-0.2, -0.15) is 0 Å². The highest BCUT2D eigenvalue weighted by Gasteiger charge is 2.13. The fourth-order valence-corrected chi connectivity index (χ4v) is 2.19. The predicted octanol–water partition coefficient (Wildman–Crippen LogP) is 2.07. The maximum absolute atomic E-state index is 12.3. The summed E-state index contributed by atoms with van der Waals surface area (Å²) in [4.78, 5) is 35.2. The van der Waals surface area contributed by atoms with E-state index in [1.54, 1.807) is 30.3 Å². The van der Waals surface area contributed by atoms with E-state index in [9.17, 15) is 14.4 Å². The highest BCUT2D eigenvalue weighted by Crippen LogP contribution is 2.13. The molecule has 2 rings (SSSR count). The minimum Gasteiger partial charge on any atom is -0.497 e. The number of amides is 2. The molecule has 0 bridgehead atoms. The first kappa shape index (κ1) is 20.4. The van der Waals surface area contributed by atoms with Gasteiger partial charge in [-0.15, -0.1) is 0 Å². The van der Waals surface area contributed by atoms with Crippen LogP contribution in [0.5, 0.6) is 5.75 Å². The van der Waals surface area contributed by atoms with Crippen LogP contribution in [-0.4, -0.2) is 36.5 Å². The molecule has 0 saturated carbocycles. The largest absolute Gasteiger partial charge is 0.497 e. The van der Waals surface area contributed by atoms with Gasteiger partial charge in [0.05, 0.1) is 7.11 Å². The molecule has 28 heavy (non-hydrogen) atoms. The van der Waals surface area contributed by atoms with E-state index in [-0.39, 0.29) is 5.70 Å². The van der Waals surface area contributed by atoms with Gasteiger partial charge in [-0.05, 0) is 35.4 Å². The third kappa shape index (κ3) is 6.80. The Bertz CT molecular complexity index is 887. The van der Waals surface area contributed by atoms with Crippen molar-refractivity contribution in [2.45, 2.75) is 0 Å². The number of hydrogen-bond acceptors (Lipinski definition) is 4. The lowest BCUT2D eigenvalue weighted by Crippen LogP contribution is -2.36. The predicted molar refractivity (Wildman–Crippen MR) is 105 cm³/mol. The Morgan fingerprint density at radius 3 is 2.29 bits per heavy atom. The SMILES string of the molecule is COc1ccc(C=C(NC(=O)C=Cc2ccccc2)C(=O)NCC(=O)O)cc1. The lowest BCUT2D eigenvalue weighted by molar-refractivity contribution is -0.137. The first-order valence-electron chi connectivity index (χ1n) is 8.38. The van der Waals surface area contributed by atoms with Crippen molar-refractivity contribution in [3.05, 3.63) is 77.5 Å². The Labute approximate surface area is 162 Å². The Morgan fingerprint density at radius 2 is 1.68 bits per heavy atom. The zero-order valence-electron chi connectivity index (χ0n) is 15.2. The van der Waals surface area contributed by atoms with Gasteiger partial charge >= 0.3 is 5.97 Å². The molecule has 2 amide bonds. The molecular weight excluding hydrogens is 360 g/mol. The third-order valence-electron chi connectivity index (χ3n) is 3.56. The van der Waals surface area contributed by atoms with Gasteiger partial charge in [0.2, 0.25) is 5.91 Å². The summed E-state index contributed by atoms with van der Waals surface area (Å²) in [6.45, 7) is -0.561. The number of hydrogen-bond donors (Lipinski definition) is 3. The lowest BCUT2D eigenvalue weighted by Gasteiger charge is -2.09. The summed E-state index contributed by atoms with van der Waals surface area (Å²) in [7, 11) is 1.54. The van der Waals surface area contributed by atoms with Crippen molar-refractivity contribution in [1.29, 1.82) is 0 Å². The van der Waals surface area contributed by atoms with E-state index >= 15 is 0 Å². The van der Waals surface area contributed by atoms with Crippen LogP contribution in [0, 0.1) is 0 Å². The Morgan fingerprint density at radius 1 is 1.00 bits per heavy atom. The molecule has 0 heterocycles. The van der Waals surface area contributed by atoms with E-state index in [2.05, 4.69) is 10.6 Å². The van der Waals surface area contributed by atoms with Crippen LogP contribution in [0.25, 0.3) is 12.2 Å². The van der Waals surface area contributed by atoms with Crippen LogP contribution in [0.15, 0.2) is 66.4 Å². The van der Waals surface area contributed by atoms with Crippen LogP contribution < -0.4 is 15.4 Å². The highest BCUT2D eigenvalue weighted by atomic mass is 16.5. The number of carboxylic acid groups (broad SMARTS) is 1. The maximum Gasteiger partial charge on any atom is 0.322 e. The standard InChI is InChI=1S/C21H20N2O5/c1-28-17-10-7-16(8-11-17)13-18(21(27)22-14-20(25)26)23-19(24)12-9-15-5-3-2-4-6-15/h2-13H,14H2,1H3,(H,22,27)(H,23,24)(H,25,26).